The van der Waals surface area contributed by atoms with Crippen molar-refractivity contribution in [1.29, 1.82) is 0 Å². The van der Waals surface area contributed by atoms with E-state index in [1.807, 2.05) is 32.6 Å². The van der Waals surface area contributed by atoms with Crippen molar-refractivity contribution in [2.75, 3.05) is 13.1 Å². The van der Waals surface area contributed by atoms with Gasteiger partial charge in [-0.05, 0) is 40.5 Å². The Morgan fingerprint density at radius 3 is 2.40 bits per heavy atom. The Bertz CT molecular complexity index is 383. The molecule has 1 heterocycles. The van der Waals surface area contributed by atoms with Gasteiger partial charge in [-0.25, -0.2) is 4.79 Å². The molecule has 5 heteroatoms. The second-order valence-electron chi connectivity index (χ2n) is 6.94. The summed E-state index contributed by atoms with van der Waals surface area (Å²) < 4.78 is 5.37. The number of nitrogens with zero attached hydrogens (tertiary/aromatic N) is 2. The van der Waals surface area contributed by atoms with Crippen molar-refractivity contribution in [1.82, 2.24) is 9.80 Å². The summed E-state index contributed by atoms with van der Waals surface area (Å²) in [4.78, 5) is 27.9. The van der Waals surface area contributed by atoms with E-state index in [0.717, 1.165) is 12.8 Å². The molecule has 0 radical (unpaired) electrons. The van der Waals surface area contributed by atoms with Crippen LogP contribution in [0.1, 0.15) is 53.4 Å². The van der Waals surface area contributed by atoms with Gasteiger partial charge in [0, 0.05) is 12.6 Å². The van der Waals surface area contributed by atoms with Crippen LogP contribution in [0.2, 0.25) is 0 Å². The Labute approximate surface area is 121 Å². The van der Waals surface area contributed by atoms with Gasteiger partial charge in [0.1, 0.15) is 12.1 Å². The molecule has 0 bridgehead atoms. The molecule has 1 saturated carbocycles. The van der Waals surface area contributed by atoms with Crippen LogP contribution < -0.4 is 0 Å². The maximum atomic E-state index is 12.3. The molecule has 1 atom stereocenters. The van der Waals surface area contributed by atoms with E-state index in [2.05, 4.69) is 0 Å². The van der Waals surface area contributed by atoms with Gasteiger partial charge in [0.15, 0.2) is 0 Å². The second kappa shape index (κ2) is 5.62. The van der Waals surface area contributed by atoms with Gasteiger partial charge in [-0.1, -0.05) is 12.8 Å². The average molecular weight is 282 g/mol. The lowest BCUT2D eigenvalue weighted by Crippen LogP contribution is -2.59. The zero-order chi connectivity index (χ0) is 14.9. The first kappa shape index (κ1) is 15.1. The molecule has 0 aromatic heterocycles. The SMILES string of the molecule is C[C@H]1CN(C2CCCC2)C(=O)CN1C(=O)OC(C)(C)C. The van der Waals surface area contributed by atoms with Crippen LogP contribution in [0.15, 0.2) is 0 Å². The number of carbonyl (C=O) groups excluding carboxylic acids is 2. The van der Waals surface area contributed by atoms with Crippen molar-refractivity contribution < 1.29 is 14.3 Å². The van der Waals surface area contributed by atoms with Gasteiger partial charge in [-0.3, -0.25) is 9.69 Å². The quantitative estimate of drug-likeness (QED) is 0.742. The van der Waals surface area contributed by atoms with Crippen molar-refractivity contribution >= 4 is 12.0 Å². The maximum Gasteiger partial charge on any atom is 0.411 e. The molecule has 114 valence electrons. The van der Waals surface area contributed by atoms with Crippen LogP contribution in [-0.2, 0) is 9.53 Å². The van der Waals surface area contributed by atoms with E-state index in [4.69, 9.17) is 4.74 Å². The molecular weight excluding hydrogens is 256 g/mol. The lowest BCUT2D eigenvalue weighted by Gasteiger charge is -2.42. The van der Waals surface area contributed by atoms with E-state index in [9.17, 15) is 9.59 Å². The van der Waals surface area contributed by atoms with Gasteiger partial charge < -0.3 is 9.64 Å². The fourth-order valence-corrected chi connectivity index (χ4v) is 3.01. The van der Waals surface area contributed by atoms with Crippen LogP contribution in [0.3, 0.4) is 0 Å². The van der Waals surface area contributed by atoms with Crippen molar-refractivity contribution in [2.24, 2.45) is 0 Å². The summed E-state index contributed by atoms with van der Waals surface area (Å²) in [6.07, 6.45) is 4.23. The van der Waals surface area contributed by atoms with Crippen molar-refractivity contribution in [3.8, 4) is 0 Å². The number of ether oxygens (including phenoxy) is 1. The van der Waals surface area contributed by atoms with Crippen molar-refractivity contribution in [3.63, 3.8) is 0 Å². The fraction of sp³-hybridized carbons (Fsp3) is 0.867. The fourth-order valence-electron chi connectivity index (χ4n) is 3.01. The lowest BCUT2D eigenvalue weighted by atomic mass is 10.1. The van der Waals surface area contributed by atoms with Gasteiger partial charge in [-0.15, -0.1) is 0 Å². The molecule has 1 aliphatic heterocycles. The summed E-state index contributed by atoms with van der Waals surface area (Å²) in [6, 6.07) is 0.397. The summed E-state index contributed by atoms with van der Waals surface area (Å²) in [5, 5.41) is 0. The monoisotopic (exact) mass is 282 g/mol. The van der Waals surface area contributed by atoms with E-state index in [1.165, 1.54) is 12.8 Å². The van der Waals surface area contributed by atoms with Gasteiger partial charge in [0.05, 0.1) is 6.04 Å². The number of amides is 2. The number of carbonyl (C=O) groups is 2. The van der Waals surface area contributed by atoms with Crippen LogP contribution in [0.25, 0.3) is 0 Å². The minimum atomic E-state index is -0.525. The molecule has 0 aromatic rings. The van der Waals surface area contributed by atoms with E-state index < -0.39 is 5.60 Å². The first-order valence-electron chi connectivity index (χ1n) is 7.57. The third kappa shape index (κ3) is 3.44. The molecule has 1 aliphatic carbocycles. The highest BCUT2D eigenvalue weighted by Crippen LogP contribution is 2.26. The smallest absolute Gasteiger partial charge is 0.411 e. The summed E-state index contributed by atoms with van der Waals surface area (Å²) in [5.74, 6) is 0.0564. The molecular formula is C15H26N2O3. The Kier molecular flexibility index (Phi) is 4.25. The number of hydrogen-bond donors (Lipinski definition) is 0. The van der Waals surface area contributed by atoms with Gasteiger partial charge in [0.25, 0.3) is 0 Å². The summed E-state index contributed by atoms with van der Waals surface area (Å²) in [6.45, 7) is 8.28. The molecule has 0 N–H and O–H groups in total. The molecule has 1 saturated heterocycles. The number of hydrogen-bond acceptors (Lipinski definition) is 3. The van der Waals surface area contributed by atoms with E-state index in [0.29, 0.717) is 12.6 Å². The zero-order valence-electron chi connectivity index (χ0n) is 13.0. The second-order valence-corrected chi connectivity index (χ2v) is 6.94. The van der Waals surface area contributed by atoms with Crippen LogP contribution in [0, 0.1) is 0 Å². The molecule has 2 aliphatic rings. The van der Waals surface area contributed by atoms with E-state index >= 15 is 0 Å². The van der Waals surface area contributed by atoms with Gasteiger partial charge in [-0.2, -0.15) is 0 Å². The highest BCUT2D eigenvalue weighted by molar-refractivity contribution is 5.84. The minimum Gasteiger partial charge on any atom is -0.444 e. The first-order chi connectivity index (χ1) is 9.28. The molecule has 0 aromatic carbocycles. The lowest BCUT2D eigenvalue weighted by molar-refractivity contribution is -0.140. The van der Waals surface area contributed by atoms with Crippen LogP contribution in [0.4, 0.5) is 4.79 Å². The van der Waals surface area contributed by atoms with Crippen molar-refractivity contribution in [3.05, 3.63) is 0 Å². The van der Waals surface area contributed by atoms with E-state index in [-0.39, 0.29) is 24.6 Å². The molecule has 20 heavy (non-hydrogen) atoms. The van der Waals surface area contributed by atoms with Gasteiger partial charge >= 0.3 is 6.09 Å². The normalized spacial score (nSPS) is 25.2. The number of rotatable bonds is 1. The number of piperazine rings is 1. The summed E-state index contributed by atoms with van der Waals surface area (Å²) >= 11 is 0. The predicted molar refractivity (Wildman–Crippen MR) is 76.4 cm³/mol. The first-order valence-corrected chi connectivity index (χ1v) is 7.57. The summed E-state index contributed by atoms with van der Waals surface area (Å²) in [5.41, 5.74) is -0.525. The Morgan fingerprint density at radius 1 is 1.25 bits per heavy atom. The maximum absolute atomic E-state index is 12.3. The largest absolute Gasteiger partial charge is 0.444 e. The Morgan fingerprint density at radius 2 is 1.85 bits per heavy atom. The van der Waals surface area contributed by atoms with Crippen LogP contribution in [-0.4, -0.2) is 52.6 Å². The Balaban J connectivity index is 1.98. The van der Waals surface area contributed by atoms with Gasteiger partial charge in [0.2, 0.25) is 5.91 Å². The molecule has 2 fully saturated rings. The topological polar surface area (TPSA) is 49.9 Å². The Hall–Kier alpha value is -1.26. The highest BCUT2D eigenvalue weighted by atomic mass is 16.6. The minimum absolute atomic E-state index is 0.0168. The average Bonchev–Trinajstić information content (AvgIpc) is 2.82. The standard InChI is InChI=1S/C15H26N2O3/c1-11-9-17(12-7-5-6-8-12)13(18)10-16(11)14(19)20-15(2,3)4/h11-12H,5-10H2,1-4H3/t11-/m0/s1. The van der Waals surface area contributed by atoms with Crippen LogP contribution >= 0.6 is 0 Å². The molecule has 5 nitrogen and oxygen atoms in total. The van der Waals surface area contributed by atoms with E-state index in [1.54, 1.807) is 4.90 Å². The molecule has 2 amide bonds. The zero-order valence-corrected chi connectivity index (χ0v) is 13.0. The van der Waals surface area contributed by atoms with Crippen LogP contribution in [0.5, 0.6) is 0 Å². The third-order valence-electron chi connectivity index (χ3n) is 4.01. The predicted octanol–water partition coefficient (Wildman–Crippen LogP) is 2.40. The molecule has 0 spiro atoms. The van der Waals surface area contributed by atoms with Crippen molar-refractivity contribution in [2.45, 2.75) is 71.1 Å². The molecule has 0 unspecified atom stereocenters. The highest BCUT2D eigenvalue weighted by Gasteiger charge is 2.38. The molecule has 2 rings (SSSR count). The third-order valence-corrected chi connectivity index (χ3v) is 4.01. The summed E-state index contributed by atoms with van der Waals surface area (Å²) in [7, 11) is 0.